The third-order valence-corrected chi connectivity index (χ3v) is 5.95. The molecule has 1 N–H and O–H groups in total. The van der Waals surface area contributed by atoms with Crippen LogP contribution in [0.3, 0.4) is 0 Å². The SMILES string of the molecule is Cc1ccc(-n2nc3c(c2NC(=O)c2cccs2)CSC3)c(C)c1. The topological polar surface area (TPSA) is 46.9 Å². The fourth-order valence-electron chi connectivity index (χ4n) is 2.94. The lowest BCUT2D eigenvalue weighted by Gasteiger charge is -2.13. The lowest BCUT2D eigenvalue weighted by Crippen LogP contribution is -2.15. The Morgan fingerprint density at radius 2 is 2.12 bits per heavy atom. The highest BCUT2D eigenvalue weighted by atomic mass is 32.2. The fraction of sp³-hybridized carbons (Fsp3) is 0.222. The first kappa shape index (κ1) is 15.5. The Hall–Kier alpha value is -2.05. The second-order valence-electron chi connectivity index (χ2n) is 5.90. The van der Waals surface area contributed by atoms with Crippen LogP contribution in [0.15, 0.2) is 35.7 Å². The Morgan fingerprint density at radius 3 is 2.88 bits per heavy atom. The summed E-state index contributed by atoms with van der Waals surface area (Å²) in [5.41, 5.74) is 5.60. The van der Waals surface area contributed by atoms with Crippen LogP contribution in [-0.4, -0.2) is 15.7 Å². The number of aryl methyl sites for hydroxylation is 2. The Kier molecular flexibility index (Phi) is 3.94. The van der Waals surface area contributed by atoms with E-state index in [1.54, 1.807) is 0 Å². The number of carbonyl (C=O) groups excluding carboxylic acids is 1. The molecular formula is C18H17N3OS2. The molecule has 0 unspecified atom stereocenters. The molecule has 0 atom stereocenters. The first-order valence-corrected chi connectivity index (χ1v) is 9.78. The number of thiophene rings is 1. The Labute approximate surface area is 148 Å². The van der Waals surface area contributed by atoms with Crippen molar-refractivity contribution in [3.05, 3.63) is 63.0 Å². The van der Waals surface area contributed by atoms with E-state index < -0.39 is 0 Å². The number of hydrogen-bond donors (Lipinski definition) is 1. The number of thioether (sulfide) groups is 1. The highest BCUT2D eigenvalue weighted by Gasteiger charge is 2.25. The molecule has 1 aromatic carbocycles. The first-order chi connectivity index (χ1) is 11.6. The van der Waals surface area contributed by atoms with Gasteiger partial charge >= 0.3 is 0 Å². The third kappa shape index (κ3) is 2.65. The number of aromatic nitrogens is 2. The minimum Gasteiger partial charge on any atom is -0.305 e. The van der Waals surface area contributed by atoms with Crippen molar-refractivity contribution in [2.24, 2.45) is 0 Å². The van der Waals surface area contributed by atoms with Crippen LogP contribution in [0.5, 0.6) is 0 Å². The lowest BCUT2D eigenvalue weighted by molar-refractivity contribution is 0.102. The van der Waals surface area contributed by atoms with Gasteiger partial charge in [0.2, 0.25) is 0 Å². The van der Waals surface area contributed by atoms with Gasteiger partial charge in [0.1, 0.15) is 5.82 Å². The van der Waals surface area contributed by atoms with Crippen LogP contribution in [0.4, 0.5) is 5.82 Å². The van der Waals surface area contributed by atoms with E-state index in [1.807, 2.05) is 34.0 Å². The van der Waals surface area contributed by atoms with Crippen molar-refractivity contribution in [2.75, 3.05) is 5.32 Å². The van der Waals surface area contributed by atoms with Crippen LogP contribution < -0.4 is 5.32 Å². The number of anilines is 1. The van der Waals surface area contributed by atoms with E-state index in [1.165, 1.54) is 16.9 Å². The molecular weight excluding hydrogens is 338 g/mol. The third-order valence-electron chi connectivity index (χ3n) is 4.11. The van der Waals surface area contributed by atoms with Gasteiger partial charge in [-0.3, -0.25) is 4.79 Å². The second kappa shape index (κ2) is 6.11. The van der Waals surface area contributed by atoms with Crippen molar-refractivity contribution in [2.45, 2.75) is 25.4 Å². The van der Waals surface area contributed by atoms with Crippen molar-refractivity contribution in [1.29, 1.82) is 0 Å². The number of nitrogens with zero attached hydrogens (tertiary/aromatic N) is 2. The van der Waals surface area contributed by atoms with Gasteiger partial charge in [-0.15, -0.1) is 11.3 Å². The molecule has 4 nitrogen and oxygen atoms in total. The molecule has 1 amide bonds. The molecule has 1 aliphatic heterocycles. The van der Waals surface area contributed by atoms with Crippen molar-refractivity contribution in [3.63, 3.8) is 0 Å². The smallest absolute Gasteiger partial charge is 0.266 e. The van der Waals surface area contributed by atoms with Crippen molar-refractivity contribution in [1.82, 2.24) is 9.78 Å². The minimum absolute atomic E-state index is 0.0735. The molecule has 4 rings (SSSR count). The summed E-state index contributed by atoms with van der Waals surface area (Å²) < 4.78 is 1.89. The number of fused-ring (bicyclic) bond motifs is 1. The molecule has 2 aromatic heterocycles. The maximum atomic E-state index is 12.5. The van der Waals surface area contributed by atoms with Gasteiger partial charge < -0.3 is 5.32 Å². The number of benzene rings is 1. The molecule has 0 saturated heterocycles. The minimum atomic E-state index is -0.0735. The highest BCUT2D eigenvalue weighted by molar-refractivity contribution is 7.98. The van der Waals surface area contributed by atoms with Crippen molar-refractivity contribution >= 4 is 34.8 Å². The van der Waals surface area contributed by atoms with Crippen LogP contribution in [-0.2, 0) is 11.5 Å². The number of rotatable bonds is 3. The summed E-state index contributed by atoms with van der Waals surface area (Å²) in [6, 6.07) is 10.0. The van der Waals surface area contributed by atoms with Crippen molar-refractivity contribution < 1.29 is 4.79 Å². The maximum absolute atomic E-state index is 12.5. The number of nitrogens with one attached hydrogen (secondary N) is 1. The average molecular weight is 355 g/mol. The molecule has 0 radical (unpaired) electrons. The summed E-state index contributed by atoms with van der Waals surface area (Å²) in [6.45, 7) is 4.16. The molecule has 122 valence electrons. The molecule has 3 aromatic rings. The summed E-state index contributed by atoms with van der Waals surface area (Å²) >= 11 is 3.28. The van der Waals surface area contributed by atoms with E-state index >= 15 is 0 Å². The molecule has 24 heavy (non-hydrogen) atoms. The standard InChI is InChI=1S/C18H17N3OS2/c1-11-5-6-15(12(2)8-11)21-17(13-9-23-10-14(13)20-21)19-18(22)16-4-3-7-24-16/h3-8H,9-10H2,1-2H3,(H,19,22). The molecule has 0 spiro atoms. The zero-order chi connectivity index (χ0) is 16.7. The molecule has 3 heterocycles. The monoisotopic (exact) mass is 355 g/mol. The highest BCUT2D eigenvalue weighted by Crippen LogP contribution is 2.36. The average Bonchev–Trinajstić information content (AvgIpc) is 3.25. The van der Waals surface area contributed by atoms with E-state index in [9.17, 15) is 4.79 Å². The van der Waals surface area contributed by atoms with Crippen LogP contribution >= 0.6 is 23.1 Å². The first-order valence-electron chi connectivity index (χ1n) is 7.74. The van der Waals surface area contributed by atoms with Gasteiger partial charge in [0.05, 0.1) is 16.3 Å². The van der Waals surface area contributed by atoms with Gasteiger partial charge in [0, 0.05) is 17.1 Å². The molecule has 0 aliphatic carbocycles. The normalized spacial score (nSPS) is 13.1. The number of hydrogen-bond acceptors (Lipinski definition) is 4. The van der Waals surface area contributed by atoms with Gasteiger partial charge in [0.25, 0.3) is 5.91 Å². The zero-order valence-corrected chi connectivity index (χ0v) is 15.1. The maximum Gasteiger partial charge on any atom is 0.266 e. The molecule has 6 heteroatoms. The Balaban J connectivity index is 1.79. The quantitative estimate of drug-likeness (QED) is 0.750. The van der Waals surface area contributed by atoms with Gasteiger partial charge in [-0.05, 0) is 36.9 Å². The van der Waals surface area contributed by atoms with E-state index in [4.69, 9.17) is 5.10 Å². The van der Waals surface area contributed by atoms with E-state index in [0.717, 1.165) is 39.8 Å². The van der Waals surface area contributed by atoms with Crippen molar-refractivity contribution in [3.8, 4) is 5.69 Å². The van der Waals surface area contributed by atoms with Gasteiger partial charge in [-0.2, -0.15) is 16.9 Å². The van der Waals surface area contributed by atoms with E-state index in [2.05, 4.69) is 37.4 Å². The van der Waals surface area contributed by atoms with Crippen LogP contribution in [0, 0.1) is 13.8 Å². The summed E-state index contributed by atoms with van der Waals surface area (Å²) in [5, 5.41) is 9.78. The van der Waals surface area contributed by atoms with Gasteiger partial charge in [0.15, 0.2) is 0 Å². The summed E-state index contributed by atoms with van der Waals surface area (Å²) in [4.78, 5) is 13.3. The number of amides is 1. The van der Waals surface area contributed by atoms with E-state index in [0.29, 0.717) is 4.88 Å². The fourth-order valence-corrected chi connectivity index (χ4v) is 4.59. The second-order valence-corrected chi connectivity index (χ2v) is 7.83. The predicted octanol–water partition coefficient (Wildman–Crippen LogP) is 4.55. The summed E-state index contributed by atoms with van der Waals surface area (Å²) in [6.07, 6.45) is 0. The van der Waals surface area contributed by atoms with E-state index in [-0.39, 0.29) is 5.91 Å². The molecule has 0 fully saturated rings. The summed E-state index contributed by atoms with van der Waals surface area (Å²) in [7, 11) is 0. The molecule has 0 saturated carbocycles. The summed E-state index contributed by atoms with van der Waals surface area (Å²) in [5.74, 6) is 2.52. The Morgan fingerprint density at radius 1 is 1.25 bits per heavy atom. The van der Waals surface area contributed by atoms with Crippen LogP contribution in [0.2, 0.25) is 0 Å². The van der Waals surface area contributed by atoms with Gasteiger partial charge in [-0.25, -0.2) is 4.68 Å². The zero-order valence-electron chi connectivity index (χ0n) is 13.5. The molecule has 0 bridgehead atoms. The lowest BCUT2D eigenvalue weighted by atomic mass is 10.1. The predicted molar refractivity (Wildman–Crippen MR) is 100 cm³/mol. The number of carbonyl (C=O) groups is 1. The molecule has 1 aliphatic rings. The van der Waals surface area contributed by atoms with Crippen LogP contribution in [0.25, 0.3) is 5.69 Å². The Bertz CT molecular complexity index is 913. The van der Waals surface area contributed by atoms with Gasteiger partial charge in [-0.1, -0.05) is 23.8 Å². The van der Waals surface area contributed by atoms with Crippen LogP contribution in [0.1, 0.15) is 32.1 Å². The largest absolute Gasteiger partial charge is 0.305 e.